The van der Waals surface area contributed by atoms with Crippen LogP contribution in [0.5, 0.6) is 23.0 Å². The first-order chi connectivity index (χ1) is 12.6. The van der Waals surface area contributed by atoms with Gasteiger partial charge in [0.2, 0.25) is 0 Å². The van der Waals surface area contributed by atoms with Crippen LogP contribution in [0, 0.1) is 0 Å². The maximum absolute atomic E-state index is 12.5. The first-order valence-corrected chi connectivity index (χ1v) is 8.46. The highest BCUT2D eigenvalue weighted by atomic mass is 16.6. The normalized spacial score (nSPS) is 15.4. The fraction of sp³-hybridized carbons (Fsp3) is 0.350. The fourth-order valence-electron chi connectivity index (χ4n) is 2.87. The van der Waals surface area contributed by atoms with Crippen LogP contribution in [-0.4, -0.2) is 39.5 Å². The van der Waals surface area contributed by atoms with Crippen molar-refractivity contribution >= 4 is 5.97 Å². The standard InChI is InChI=1S/C20H22O6/c1-4-24-14-7-5-6-13(8-14)20(21)26-16-9-17-18(23-3)10-15(22-2)11-19(17)25-12-16/h5-8,10-11,16H,4,9,12H2,1-3H3. The first kappa shape index (κ1) is 17.9. The molecule has 2 aromatic carbocycles. The molecule has 1 unspecified atom stereocenters. The van der Waals surface area contributed by atoms with Crippen molar-refractivity contribution in [2.24, 2.45) is 0 Å². The number of benzene rings is 2. The van der Waals surface area contributed by atoms with Crippen molar-refractivity contribution in [1.82, 2.24) is 0 Å². The van der Waals surface area contributed by atoms with E-state index in [9.17, 15) is 4.79 Å². The number of rotatable bonds is 6. The molecule has 0 N–H and O–H groups in total. The second-order valence-electron chi connectivity index (χ2n) is 5.81. The molecule has 0 saturated heterocycles. The Morgan fingerprint density at radius 1 is 1.15 bits per heavy atom. The number of fused-ring (bicyclic) bond motifs is 1. The fourth-order valence-corrected chi connectivity index (χ4v) is 2.87. The van der Waals surface area contributed by atoms with Crippen molar-refractivity contribution in [3.8, 4) is 23.0 Å². The number of carbonyl (C=O) groups is 1. The Morgan fingerprint density at radius 3 is 2.73 bits per heavy atom. The lowest BCUT2D eigenvalue weighted by Gasteiger charge is -2.27. The lowest BCUT2D eigenvalue weighted by Crippen LogP contribution is -2.31. The summed E-state index contributed by atoms with van der Waals surface area (Å²) in [5.74, 6) is 2.23. The van der Waals surface area contributed by atoms with Gasteiger partial charge in [-0.15, -0.1) is 0 Å². The van der Waals surface area contributed by atoms with E-state index in [1.54, 1.807) is 50.6 Å². The van der Waals surface area contributed by atoms with E-state index in [4.69, 9.17) is 23.7 Å². The van der Waals surface area contributed by atoms with E-state index in [-0.39, 0.29) is 6.61 Å². The average Bonchev–Trinajstić information content (AvgIpc) is 2.67. The average molecular weight is 358 g/mol. The number of hydrogen-bond acceptors (Lipinski definition) is 6. The lowest BCUT2D eigenvalue weighted by molar-refractivity contribution is 0.0128. The van der Waals surface area contributed by atoms with Crippen LogP contribution in [0.1, 0.15) is 22.8 Å². The van der Waals surface area contributed by atoms with E-state index in [0.29, 0.717) is 41.6 Å². The van der Waals surface area contributed by atoms with Crippen LogP contribution in [0.15, 0.2) is 36.4 Å². The molecule has 2 aromatic rings. The molecule has 3 rings (SSSR count). The SMILES string of the molecule is CCOc1cccc(C(=O)OC2COc3cc(OC)cc(OC)c3C2)c1. The van der Waals surface area contributed by atoms with E-state index in [1.807, 2.05) is 6.92 Å². The van der Waals surface area contributed by atoms with E-state index < -0.39 is 12.1 Å². The molecule has 6 nitrogen and oxygen atoms in total. The third kappa shape index (κ3) is 3.85. The third-order valence-corrected chi connectivity index (χ3v) is 4.11. The molecule has 138 valence electrons. The highest BCUT2D eigenvalue weighted by Crippen LogP contribution is 2.37. The van der Waals surface area contributed by atoms with Crippen molar-refractivity contribution in [2.45, 2.75) is 19.4 Å². The number of hydrogen-bond donors (Lipinski definition) is 0. The molecule has 0 fully saturated rings. The Bertz CT molecular complexity index is 769. The molecular weight excluding hydrogens is 336 g/mol. The molecule has 0 saturated carbocycles. The van der Waals surface area contributed by atoms with Crippen molar-refractivity contribution < 1.29 is 28.5 Å². The van der Waals surface area contributed by atoms with Crippen LogP contribution < -0.4 is 18.9 Å². The summed E-state index contributed by atoms with van der Waals surface area (Å²) in [5, 5.41) is 0. The molecule has 1 atom stereocenters. The number of esters is 1. The second-order valence-corrected chi connectivity index (χ2v) is 5.81. The van der Waals surface area contributed by atoms with Gasteiger partial charge in [0, 0.05) is 24.1 Å². The summed E-state index contributed by atoms with van der Waals surface area (Å²) in [7, 11) is 3.18. The minimum atomic E-state index is -0.406. The molecule has 0 radical (unpaired) electrons. The minimum Gasteiger partial charge on any atom is -0.496 e. The first-order valence-electron chi connectivity index (χ1n) is 8.46. The highest BCUT2D eigenvalue weighted by molar-refractivity contribution is 5.90. The summed E-state index contributed by atoms with van der Waals surface area (Å²) in [4.78, 5) is 12.5. The molecule has 1 aliphatic heterocycles. The van der Waals surface area contributed by atoms with Gasteiger partial charge in [0.25, 0.3) is 0 Å². The maximum atomic E-state index is 12.5. The molecule has 0 spiro atoms. The van der Waals surface area contributed by atoms with Crippen molar-refractivity contribution in [1.29, 1.82) is 0 Å². The van der Waals surface area contributed by atoms with Crippen molar-refractivity contribution in [3.63, 3.8) is 0 Å². The highest BCUT2D eigenvalue weighted by Gasteiger charge is 2.27. The zero-order chi connectivity index (χ0) is 18.5. The Morgan fingerprint density at radius 2 is 2.00 bits per heavy atom. The largest absolute Gasteiger partial charge is 0.496 e. The van der Waals surface area contributed by atoms with Crippen LogP contribution in [0.2, 0.25) is 0 Å². The quantitative estimate of drug-likeness (QED) is 0.739. The van der Waals surface area contributed by atoms with Crippen molar-refractivity contribution in [2.75, 3.05) is 27.4 Å². The number of carbonyl (C=O) groups excluding carboxylic acids is 1. The second kappa shape index (κ2) is 7.99. The van der Waals surface area contributed by atoms with Crippen LogP contribution >= 0.6 is 0 Å². The minimum absolute atomic E-state index is 0.278. The van der Waals surface area contributed by atoms with Crippen LogP contribution in [0.4, 0.5) is 0 Å². The Kier molecular flexibility index (Phi) is 5.51. The summed E-state index contributed by atoms with van der Waals surface area (Å²) < 4.78 is 27.5. The summed E-state index contributed by atoms with van der Waals surface area (Å²) in [6.45, 7) is 2.71. The predicted octanol–water partition coefficient (Wildman–Crippen LogP) is 3.26. The zero-order valence-corrected chi connectivity index (χ0v) is 15.1. The topological polar surface area (TPSA) is 63.2 Å². The van der Waals surface area contributed by atoms with Gasteiger partial charge in [0.05, 0.1) is 26.4 Å². The van der Waals surface area contributed by atoms with Crippen LogP contribution in [0.3, 0.4) is 0 Å². The summed E-state index contributed by atoms with van der Waals surface area (Å²) in [5.41, 5.74) is 1.31. The van der Waals surface area contributed by atoms with E-state index >= 15 is 0 Å². The molecule has 0 amide bonds. The van der Waals surface area contributed by atoms with Gasteiger partial charge in [-0.05, 0) is 25.1 Å². The number of methoxy groups -OCH3 is 2. The Hall–Kier alpha value is -2.89. The predicted molar refractivity (Wildman–Crippen MR) is 95.6 cm³/mol. The van der Waals surface area contributed by atoms with Gasteiger partial charge < -0.3 is 23.7 Å². The molecule has 1 heterocycles. The van der Waals surface area contributed by atoms with Gasteiger partial charge in [0.15, 0.2) is 0 Å². The summed E-state index contributed by atoms with van der Waals surface area (Å²) in [6, 6.07) is 10.5. The molecule has 0 aromatic heterocycles. The third-order valence-electron chi connectivity index (χ3n) is 4.11. The van der Waals surface area contributed by atoms with E-state index in [2.05, 4.69) is 0 Å². The van der Waals surface area contributed by atoms with E-state index in [0.717, 1.165) is 5.56 Å². The van der Waals surface area contributed by atoms with Crippen LogP contribution in [-0.2, 0) is 11.2 Å². The molecule has 26 heavy (non-hydrogen) atoms. The monoisotopic (exact) mass is 358 g/mol. The number of ether oxygens (including phenoxy) is 5. The van der Waals surface area contributed by atoms with Gasteiger partial charge in [-0.2, -0.15) is 0 Å². The van der Waals surface area contributed by atoms with Gasteiger partial charge in [-0.25, -0.2) is 4.79 Å². The van der Waals surface area contributed by atoms with Gasteiger partial charge >= 0.3 is 5.97 Å². The molecule has 1 aliphatic rings. The molecule has 6 heteroatoms. The summed E-state index contributed by atoms with van der Waals surface area (Å²) in [6.07, 6.45) is 0.118. The van der Waals surface area contributed by atoms with Crippen molar-refractivity contribution in [3.05, 3.63) is 47.5 Å². The maximum Gasteiger partial charge on any atom is 0.338 e. The summed E-state index contributed by atoms with van der Waals surface area (Å²) >= 11 is 0. The van der Waals surface area contributed by atoms with Gasteiger partial charge in [0.1, 0.15) is 35.7 Å². The molecule has 0 aliphatic carbocycles. The smallest absolute Gasteiger partial charge is 0.338 e. The molecular formula is C20H22O6. The lowest BCUT2D eigenvalue weighted by atomic mass is 10.0. The van der Waals surface area contributed by atoms with E-state index in [1.165, 1.54) is 0 Å². The van der Waals surface area contributed by atoms with Crippen LogP contribution in [0.25, 0.3) is 0 Å². The Labute approximate surface area is 152 Å². The van der Waals surface area contributed by atoms with Gasteiger partial charge in [-0.1, -0.05) is 6.07 Å². The zero-order valence-electron chi connectivity index (χ0n) is 15.1. The Balaban J connectivity index is 1.73. The van der Waals surface area contributed by atoms with Gasteiger partial charge in [-0.3, -0.25) is 0 Å². The molecule has 0 bridgehead atoms.